The van der Waals surface area contributed by atoms with Gasteiger partial charge < -0.3 is 4.57 Å². The lowest BCUT2D eigenvalue weighted by Crippen LogP contribution is -2.12. The summed E-state index contributed by atoms with van der Waals surface area (Å²) in [6, 6.07) is 9.23. The highest BCUT2D eigenvalue weighted by molar-refractivity contribution is 9.10. The molecule has 0 atom stereocenters. The van der Waals surface area contributed by atoms with Crippen molar-refractivity contribution in [2.75, 3.05) is 0 Å². The van der Waals surface area contributed by atoms with Gasteiger partial charge in [-0.2, -0.15) is 0 Å². The lowest BCUT2D eigenvalue weighted by Gasteiger charge is -2.21. The van der Waals surface area contributed by atoms with Crippen LogP contribution in [0.5, 0.6) is 0 Å². The van der Waals surface area contributed by atoms with E-state index in [-0.39, 0.29) is 10.8 Å². The van der Waals surface area contributed by atoms with Crippen molar-refractivity contribution in [3.8, 4) is 0 Å². The van der Waals surface area contributed by atoms with E-state index < -0.39 is 0 Å². The fraction of sp³-hybridized carbons (Fsp3) is 0.429. The average Bonchev–Trinajstić information content (AvgIpc) is 2.67. The highest BCUT2D eigenvalue weighted by atomic mass is 79.9. The van der Waals surface area contributed by atoms with E-state index in [2.05, 4.69) is 109 Å². The number of hydrogen-bond donors (Lipinski definition) is 0. The fourth-order valence-corrected chi connectivity index (χ4v) is 5.27. The molecule has 0 saturated heterocycles. The number of nitrogens with zero attached hydrogens (tertiary/aromatic N) is 1. The molecule has 0 aliphatic rings. The first kappa shape index (κ1) is 18.0. The highest BCUT2D eigenvalue weighted by Crippen LogP contribution is 2.40. The van der Waals surface area contributed by atoms with Crippen molar-refractivity contribution >= 4 is 53.7 Å². The van der Waals surface area contributed by atoms with Crippen LogP contribution in [0, 0.1) is 0 Å². The molecule has 0 amide bonds. The van der Waals surface area contributed by atoms with Crippen molar-refractivity contribution in [1.29, 1.82) is 0 Å². The predicted octanol–water partition coefficient (Wildman–Crippen LogP) is 7.45. The molecule has 128 valence electrons. The number of fused-ring (bicyclic) bond motifs is 3. The molecular formula is C21H25Br2N. The summed E-state index contributed by atoms with van der Waals surface area (Å²) in [5.41, 5.74) is 5.49. The van der Waals surface area contributed by atoms with Crippen molar-refractivity contribution in [2.45, 2.75) is 52.4 Å². The zero-order chi connectivity index (χ0) is 18.0. The normalized spacial score (nSPS) is 13.2. The van der Waals surface area contributed by atoms with E-state index in [1.807, 2.05) is 0 Å². The molecule has 0 radical (unpaired) electrons. The molecule has 3 rings (SSSR count). The summed E-state index contributed by atoms with van der Waals surface area (Å²) in [6.45, 7) is 13.6. The van der Waals surface area contributed by atoms with Gasteiger partial charge >= 0.3 is 0 Å². The van der Waals surface area contributed by atoms with Crippen LogP contribution in [0.15, 0.2) is 33.2 Å². The molecular weight excluding hydrogens is 426 g/mol. The molecule has 0 N–H and O–H groups in total. The minimum Gasteiger partial charge on any atom is -0.344 e. The summed E-state index contributed by atoms with van der Waals surface area (Å²) in [4.78, 5) is 0. The highest BCUT2D eigenvalue weighted by Gasteiger charge is 2.22. The SMILES string of the molecule is Cn1c2cc(C(C)(C)C)c(Br)cc2c2cc(Br)c(C(C)(C)C)cc21. The van der Waals surface area contributed by atoms with Crippen molar-refractivity contribution in [1.82, 2.24) is 4.57 Å². The molecule has 0 fully saturated rings. The number of aromatic nitrogens is 1. The topological polar surface area (TPSA) is 4.93 Å². The molecule has 0 bridgehead atoms. The summed E-state index contributed by atoms with van der Waals surface area (Å²) in [6.07, 6.45) is 0. The number of benzene rings is 2. The number of aryl methyl sites for hydroxylation is 1. The van der Waals surface area contributed by atoms with Crippen LogP contribution < -0.4 is 0 Å². The van der Waals surface area contributed by atoms with E-state index >= 15 is 0 Å². The molecule has 2 aromatic carbocycles. The van der Waals surface area contributed by atoms with Crippen molar-refractivity contribution < 1.29 is 0 Å². The van der Waals surface area contributed by atoms with Crippen LogP contribution in [0.1, 0.15) is 52.7 Å². The maximum Gasteiger partial charge on any atom is 0.0492 e. The van der Waals surface area contributed by atoms with E-state index in [4.69, 9.17) is 0 Å². The maximum absolute atomic E-state index is 3.79. The third-order valence-electron chi connectivity index (χ3n) is 4.80. The number of rotatable bonds is 0. The summed E-state index contributed by atoms with van der Waals surface area (Å²) in [5, 5.41) is 2.60. The smallest absolute Gasteiger partial charge is 0.0492 e. The molecule has 1 aromatic heterocycles. The van der Waals surface area contributed by atoms with Crippen LogP contribution in [0.3, 0.4) is 0 Å². The zero-order valence-corrected chi connectivity index (χ0v) is 18.7. The molecule has 1 nitrogen and oxygen atoms in total. The second-order valence-electron chi connectivity index (χ2n) is 8.76. The summed E-state index contributed by atoms with van der Waals surface area (Å²) in [7, 11) is 2.17. The van der Waals surface area contributed by atoms with E-state index in [1.54, 1.807) is 0 Å². The molecule has 0 saturated carbocycles. The Morgan fingerprint density at radius 2 is 1.00 bits per heavy atom. The Kier molecular flexibility index (Phi) is 4.20. The van der Waals surface area contributed by atoms with Gasteiger partial charge in [-0.1, -0.05) is 73.4 Å². The summed E-state index contributed by atoms with van der Waals surface area (Å²) in [5.74, 6) is 0. The van der Waals surface area contributed by atoms with Crippen LogP contribution in [0.25, 0.3) is 21.8 Å². The zero-order valence-electron chi connectivity index (χ0n) is 15.5. The quantitative estimate of drug-likeness (QED) is 0.335. The fourth-order valence-electron chi connectivity index (χ4n) is 3.39. The van der Waals surface area contributed by atoms with Gasteiger partial charge in [-0.15, -0.1) is 0 Å². The molecule has 24 heavy (non-hydrogen) atoms. The van der Waals surface area contributed by atoms with Crippen LogP contribution in [0.2, 0.25) is 0 Å². The Bertz CT molecular complexity index is 873. The van der Waals surface area contributed by atoms with Gasteiger partial charge in [-0.3, -0.25) is 0 Å². The standard InChI is InChI=1S/C21H25Br2N/c1-20(2,3)14-10-18-12(8-16(14)22)13-9-17(23)15(21(4,5)6)11-19(13)24(18)7/h8-11H,1-7H3. The van der Waals surface area contributed by atoms with Crippen LogP contribution in [-0.4, -0.2) is 4.57 Å². The Balaban J connectivity index is 2.44. The van der Waals surface area contributed by atoms with Gasteiger partial charge in [0.2, 0.25) is 0 Å². The lowest BCUT2D eigenvalue weighted by molar-refractivity contribution is 0.587. The molecule has 0 unspecified atom stereocenters. The largest absolute Gasteiger partial charge is 0.344 e. The van der Waals surface area contributed by atoms with E-state index in [0.29, 0.717) is 0 Å². The molecule has 3 aromatic rings. The summed E-state index contributed by atoms with van der Waals surface area (Å²) < 4.78 is 4.70. The van der Waals surface area contributed by atoms with E-state index in [9.17, 15) is 0 Å². The number of halogens is 2. The maximum atomic E-state index is 3.79. The Morgan fingerprint density at radius 1 is 0.667 bits per heavy atom. The Hall–Kier alpha value is -0.800. The van der Waals surface area contributed by atoms with Crippen LogP contribution in [0.4, 0.5) is 0 Å². The third-order valence-corrected chi connectivity index (χ3v) is 6.11. The lowest BCUT2D eigenvalue weighted by atomic mass is 9.86. The molecule has 0 aliphatic carbocycles. The van der Waals surface area contributed by atoms with Crippen molar-refractivity contribution in [2.24, 2.45) is 7.05 Å². The predicted molar refractivity (Wildman–Crippen MR) is 113 cm³/mol. The Labute approximate surface area is 161 Å². The van der Waals surface area contributed by atoms with Crippen LogP contribution >= 0.6 is 31.9 Å². The second kappa shape index (κ2) is 5.60. The van der Waals surface area contributed by atoms with Gasteiger partial charge in [-0.05, 0) is 46.2 Å². The first-order valence-electron chi connectivity index (χ1n) is 8.33. The van der Waals surface area contributed by atoms with E-state index in [0.717, 1.165) is 0 Å². The van der Waals surface area contributed by atoms with Crippen molar-refractivity contribution in [3.05, 3.63) is 44.3 Å². The van der Waals surface area contributed by atoms with Gasteiger partial charge in [-0.25, -0.2) is 0 Å². The molecule has 0 aliphatic heterocycles. The van der Waals surface area contributed by atoms with E-state index in [1.165, 1.54) is 41.9 Å². The number of hydrogen-bond acceptors (Lipinski definition) is 0. The monoisotopic (exact) mass is 449 g/mol. The second-order valence-corrected chi connectivity index (χ2v) is 10.5. The van der Waals surface area contributed by atoms with Gasteiger partial charge in [0.15, 0.2) is 0 Å². The van der Waals surface area contributed by atoms with Crippen LogP contribution in [-0.2, 0) is 17.9 Å². The Morgan fingerprint density at radius 3 is 1.29 bits per heavy atom. The first-order chi connectivity index (χ1) is 10.9. The van der Waals surface area contributed by atoms with Gasteiger partial charge in [0.05, 0.1) is 0 Å². The van der Waals surface area contributed by atoms with Gasteiger partial charge in [0.1, 0.15) is 0 Å². The molecule has 3 heteroatoms. The minimum atomic E-state index is 0.112. The van der Waals surface area contributed by atoms with Gasteiger partial charge in [0.25, 0.3) is 0 Å². The van der Waals surface area contributed by atoms with Gasteiger partial charge in [0, 0.05) is 37.8 Å². The molecule has 0 spiro atoms. The molecule has 1 heterocycles. The van der Waals surface area contributed by atoms with Crippen molar-refractivity contribution in [3.63, 3.8) is 0 Å². The summed E-state index contributed by atoms with van der Waals surface area (Å²) >= 11 is 7.58. The minimum absolute atomic E-state index is 0.112. The average molecular weight is 451 g/mol. The first-order valence-corrected chi connectivity index (χ1v) is 9.92. The third kappa shape index (κ3) is 2.84.